The third-order valence-electron chi connectivity index (χ3n) is 2.00. The molecule has 0 radical (unpaired) electrons. The number of benzene rings is 1. The molecular formula is C12H12F2N2O. The second-order valence-electron chi connectivity index (χ2n) is 3.45. The quantitative estimate of drug-likeness (QED) is 0.781. The van der Waals surface area contributed by atoms with Gasteiger partial charge in [-0.2, -0.15) is 0 Å². The Labute approximate surface area is 98.2 Å². The number of anilines is 1. The van der Waals surface area contributed by atoms with E-state index in [2.05, 4.69) is 16.6 Å². The fourth-order valence-electron chi connectivity index (χ4n) is 1.24. The van der Waals surface area contributed by atoms with Crippen LogP contribution < -0.4 is 10.6 Å². The molecule has 1 rings (SSSR count). The van der Waals surface area contributed by atoms with Gasteiger partial charge in [-0.1, -0.05) is 5.92 Å². The van der Waals surface area contributed by atoms with Crippen molar-refractivity contribution in [3.63, 3.8) is 0 Å². The molecule has 0 aromatic heterocycles. The maximum absolute atomic E-state index is 12.9. The molecule has 5 heteroatoms. The van der Waals surface area contributed by atoms with Gasteiger partial charge in [-0.15, -0.1) is 6.42 Å². The molecule has 0 spiro atoms. The minimum atomic E-state index is -0.705. The van der Waals surface area contributed by atoms with Gasteiger partial charge in [0.1, 0.15) is 17.7 Å². The summed E-state index contributed by atoms with van der Waals surface area (Å²) in [5, 5.41) is 5.13. The average Bonchev–Trinajstić information content (AvgIpc) is 2.24. The Balaban J connectivity index is 2.64. The van der Waals surface area contributed by atoms with Gasteiger partial charge in [0.25, 0.3) is 0 Å². The Kier molecular flexibility index (Phi) is 4.46. The molecule has 0 fully saturated rings. The summed E-state index contributed by atoms with van der Waals surface area (Å²) in [5.41, 5.74) is 0.200. The van der Waals surface area contributed by atoms with Gasteiger partial charge >= 0.3 is 0 Å². The maximum atomic E-state index is 12.9. The lowest BCUT2D eigenvalue weighted by molar-refractivity contribution is -0.121. The van der Waals surface area contributed by atoms with E-state index >= 15 is 0 Å². The van der Waals surface area contributed by atoms with Gasteiger partial charge in [0.05, 0.1) is 6.54 Å². The van der Waals surface area contributed by atoms with Crippen molar-refractivity contribution in [2.45, 2.75) is 13.0 Å². The SMILES string of the molecule is C#CCNC(=O)[C@H](C)Nc1cc(F)cc(F)c1. The van der Waals surface area contributed by atoms with Crippen molar-refractivity contribution in [3.05, 3.63) is 29.8 Å². The second kappa shape index (κ2) is 5.85. The number of rotatable bonds is 4. The molecule has 90 valence electrons. The summed E-state index contributed by atoms with van der Waals surface area (Å²) < 4.78 is 25.8. The minimum absolute atomic E-state index is 0.113. The lowest BCUT2D eigenvalue weighted by Crippen LogP contribution is -2.37. The van der Waals surface area contributed by atoms with Crippen molar-refractivity contribution in [1.82, 2.24) is 5.32 Å². The van der Waals surface area contributed by atoms with E-state index in [1.165, 1.54) is 0 Å². The van der Waals surface area contributed by atoms with Crippen LogP contribution in [0.5, 0.6) is 0 Å². The summed E-state index contributed by atoms with van der Waals surface area (Å²) in [5.74, 6) is 0.506. The molecular weight excluding hydrogens is 226 g/mol. The first-order chi connectivity index (χ1) is 8.02. The van der Waals surface area contributed by atoms with E-state index in [-0.39, 0.29) is 18.1 Å². The number of halogens is 2. The van der Waals surface area contributed by atoms with E-state index in [0.717, 1.165) is 18.2 Å². The third-order valence-corrected chi connectivity index (χ3v) is 2.00. The maximum Gasteiger partial charge on any atom is 0.242 e. The molecule has 0 heterocycles. The number of nitrogens with one attached hydrogen (secondary N) is 2. The van der Waals surface area contributed by atoms with Gasteiger partial charge in [-0.3, -0.25) is 4.79 Å². The van der Waals surface area contributed by atoms with Crippen molar-refractivity contribution in [1.29, 1.82) is 0 Å². The summed E-state index contributed by atoms with van der Waals surface area (Å²) in [6.45, 7) is 1.68. The summed E-state index contributed by atoms with van der Waals surface area (Å²) in [6.07, 6.45) is 4.98. The number of terminal acetylenes is 1. The van der Waals surface area contributed by atoms with E-state index in [1.54, 1.807) is 6.92 Å². The number of amides is 1. The molecule has 17 heavy (non-hydrogen) atoms. The Bertz CT molecular complexity index is 434. The van der Waals surface area contributed by atoms with Crippen molar-refractivity contribution in [2.75, 3.05) is 11.9 Å². The van der Waals surface area contributed by atoms with Crippen molar-refractivity contribution in [3.8, 4) is 12.3 Å². The van der Waals surface area contributed by atoms with Crippen LogP contribution in [0.15, 0.2) is 18.2 Å². The fourth-order valence-corrected chi connectivity index (χ4v) is 1.24. The number of carbonyl (C=O) groups excluding carboxylic acids is 1. The highest BCUT2D eigenvalue weighted by Crippen LogP contribution is 2.13. The van der Waals surface area contributed by atoms with Crippen LogP contribution in [0.25, 0.3) is 0 Å². The van der Waals surface area contributed by atoms with Crippen LogP contribution in [0.1, 0.15) is 6.92 Å². The van der Waals surface area contributed by atoms with Crippen LogP contribution in [0.2, 0.25) is 0 Å². The van der Waals surface area contributed by atoms with Gasteiger partial charge in [0.2, 0.25) is 5.91 Å². The third kappa shape index (κ3) is 4.11. The van der Waals surface area contributed by atoms with Gasteiger partial charge < -0.3 is 10.6 Å². The highest BCUT2D eigenvalue weighted by molar-refractivity contribution is 5.84. The van der Waals surface area contributed by atoms with Crippen LogP contribution in [-0.2, 0) is 4.79 Å². The summed E-state index contributed by atoms with van der Waals surface area (Å²) in [7, 11) is 0. The molecule has 0 aliphatic carbocycles. The Morgan fingerprint density at radius 2 is 2.00 bits per heavy atom. The summed E-state index contributed by atoms with van der Waals surface area (Å²) in [6, 6.07) is 2.33. The molecule has 0 saturated heterocycles. The first kappa shape index (κ1) is 13.0. The monoisotopic (exact) mass is 238 g/mol. The molecule has 3 nitrogen and oxygen atoms in total. The van der Waals surface area contributed by atoms with E-state index in [9.17, 15) is 13.6 Å². The smallest absolute Gasteiger partial charge is 0.242 e. The predicted octanol–water partition coefficient (Wildman–Crippen LogP) is 1.51. The van der Waals surface area contributed by atoms with E-state index in [0.29, 0.717) is 0 Å². The molecule has 1 aromatic rings. The first-order valence-corrected chi connectivity index (χ1v) is 4.96. The van der Waals surface area contributed by atoms with Gasteiger partial charge in [0, 0.05) is 11.8 Å². The summed E-state index contributed by atoms with van der Waals surface area (Å²) in [4.78, 5) is 11.4. The van der Waals surface area contributed by atoms with Crippen LogP contribution >= 0.6 is 0 Å². The number of hydrogen-bond acceptors (Lipinski definition) is 2. The molecule has 0 saturated carbocycles. The highest BCUT2D eigenvalue weighted by Gasteiger charge is 2.12. The fraction of sp³-hybridized carbons (Fsp3) is 0.250. The molecule has 1 amide bonds. The molecule has 0 bridgehead atoms. The van der Waals surface area contributed by atoms with Gasteiger partial charge in [-0.25, -0.2) is 8.78 Å². The predicted molar refractivity (Wildman–Crippen MR) is 61.3 cm³/mol. The Hall–Kier alpha value is -2.09. The lowest BCUT2D eigenvalue weighted by atomic mass is 10.2. The minimum Gasteiger partial charge on any atom is -0.374 e. The van der Waals surface area contributed by atoms with E-state index in [4.69, 9.17) is 6.42 Å². The molecule has 1 atom stereocenters. The second-order valence-corrected chi connectivity index (χ2v) is 3.45. The number of hydrogen-bond donors (Lipinski definition) is 2. The zero-order valence-corrected chi connectivity index (χ0v) is 9.26. The van der Waals surface area contributed by atoms with Gasteiger partial charge in [0.15, 0.2) is 0 Å². The Morgan fingerprint density at radius 1 is 1.41 bits per heavy atom. The lowest BCUT2D eigenvalue weighted by Gasteiger charge is -2.14. The largest absolute Gasteiger partial charge is 0.374 e. The average molecular weight is 238 g/mol. The number of carbonyl (C=O) groups is 1. The van der Waals surface area contributed by atoms with Crippen molar-refractivity contribution in [2.24, 2.45) is 0 Å². The van der Waals surface area contributed by atoms with Crippen LogP contribution in [0.4, 0.5) is 14.5 Å². The zero-order valence-electron chi connectivity index (χ0n) is 9.26. The van der Waals surface area contributed by atoms with Gasteiger partial charge in [-0.05, 0) is 19.1 Å². The zero-order chi connectivity index (χ0) is 12.8. The normalized spacial score (nSPS) is 11.4. The molecule has 0 aliphatic heterocycles. The van der Waals surface area contributed by atoms with Crippen molar-refractivity contribution >= 4 is 11.6 Å². The molecule has 2 N–H and O–H groups in total. The highest BCUT2D eigenvalue weighted by atomic mass is 19.1. The Morgan fingerprint density at radius 3 is 2.53 bits per heavy atom. The van der Waals surface area contributed by atoms with E-state index in [1.807, 2.05) is 0 Å². The molecule has 1 aromatic carbocycles. The molecule has 0 unspecified atom stereocenters. The topological polar surface area (TPSA) is 41.1 Å². The molecule has 0 aliphatic rings. The summed E-state index contributed by atoms with van der Waals surface area (Å²) >= 11 is 0. The van der Waals surface area contributed by atoms with Crippen molar-refractivity contribution < 1.29 is 13.6 Å². The standard InChI is InChI=1S/C12H12F2N2O/c1-3-4-15-12(17)8(2)16-11-6-9(13)5-10(14)7-11/h1,5-8,16H,4H2,2H3,(H,15,17)/t8-/m0/s1. The van der Waals surface area contributed by atoms with Crippen LogP contribution in [0.3, 0.4) is 0 Å². The van der Waals surface area contributed by atoms with E-state index < -0.39 is 17.7 Å². The first-order valence-electron chi connectivity index (χ1n) is 4.96. The van der Waals surface area contributed by atoms with Crippen LogP contribution in [0, 0.1) is 24.0 Å². The van der Waals surface area contributed by atoms with Crippen LogP contribution in [-0.4, -0.2) is 18.5 Å².